The molecule has 1 amide bonds. The number of hydrogen-bond donors (Lipinski definition) is 1. The van der Waals surface area contributed by atoms with Crippen molar-refractivity contribution in [2.45, 2.75) is 12.8 Å². The highest BCUT2D eigenvalue weighted by Crippen LogP contribution is 2.06. The summed E-state index contributed by atoms with van der Waals surface area (Å²) in [6, 6.07) is 0. The van der Waals surface area contributed by atoms with E-state index in [1.807, 2.05) is 0 Å². The summed E-state index contributed by atoms with van der Waals surface area (Å²) in [5, 5.41) is 3.86. The lowest BCUT2D eigenvalue weighted by Crippen LogP contribution is -2.30. The maximum absolute atomic E-state index is 10.9. The second-order valence-corrected chi connectivity index (χ2v) is 2.60. The Bertz CT molecular complexity index is 166. The molecule has 5 nitrogen and oxygen atoms in total. The largest absolute Gasteiger partial charge is 0.366 e. The summed E-state index contributed by atoms with van der Waals surface area (Å²) in [4.78, 5) is 25.6. The molecule has 0 spiro atoms. The topological polar surface area (TPSA) is 58.6 Å². The molecule has 0 aliphatic carbocycles. The molecule has 0 bridgehead atoms. The zero-order valence-corrected chi connectivity index (χ0v) is 6.78. The molecule has 0 radical (unpaired) electrons. The maximum atomic E-state index is 10.9. The van der Waals surface area contributed by atoms with E-state index in [1.165, 1.54) is 0 Å². The van der Waals surface area contributed by atoms with Crippen LogP contribution in [-0.4, -0.2) is 37.1 Å². The average molecular weight is 172 g/mol. The van der Waals surface area contributed by atoms with Crippen molar-refractivity contribution in [3.63, 3.8) is 0 Å². The Kier molecular flexibility index (Phi) is 3.53. The molecule has 0 unspecified atom stereocenters. The molecule has 0 aromatic carbocycles. The highest BCUT2D eigenvalue weighted by Gasteiger charge is 2.15. The van der Waals surface area contributed by atoms with Crippen LogP contribution in [0.3, 0.4) is 0 Å². The third kappa shape index (κ3) is 2.87. The van der Waals surface area contributed by atoms with Crippen LogP contribution in [0.2, 0.25) is 0 Å². The summed E-state index contributed by atoms with van der Waals surface area (Å²) < 4.78 is 0. The Balaban J connectivity index is 2.11. The minimum absolute atomic E-state index is 0.0556. The van der Waals surface area contributed by atoms with E-state index in [2.05, 4.69) is 5.32 Å². The van der Waals surface area contributed by atoms with E-state index in [-0.39, 0.29) is 6.54 Å². The van der Waals surface area contributed by atoms with Crippen molar-refractivity contribution in [2.75, 3.05) is 19.6 Å². The Hall–Kier alpha value is -1.10. The monoisotopic (exact) mass is 172 g/mol. The van der Waals surface area contributed by atoms with Crippen molar-refractivity contribution < 1.29 is 14.4 Å². The van der Waals surface area contributed by atoms with Crippen LogP contribution in [0, 0.1) is 0 Å². The van der Waals surface area contributed by atoms with Crippen LogP contribution < -0.4 is 5.32 Å². The Morgan fingerprint density at radius 1 is 1.50 bits per heavy atom. The van der Waals surface area contributed by atoms with Crippen molar-refractivity contribution in [1.82, 2.24) is 10.4 Å². The minimum atomic E-state index is -0.413. The lowest BCUT2D eigenvalue weighted by atomic mass is 10.4. The standard InChI is InChI=1S/C7H12N2O3/c10-6-8-5-7(11)12-9-3-1-2-4-9/h6H,1-5H2,(H,8,10). The average Bonchev–Trinajstić information content (AvgIpc) is 2.53. The van der Waals surface area contributed by atoms with Gasteiger partial charge in [0.15, 0.2) is 0 Å². The summed E-state index contributed by atoms with van der Waals surface area (Å²) >= 11 is 0. The third-order valence-electron chi connectivity index (χ3n) is 1.63. The van der Waals surface area contributed by atoms with Gasteiger partial charge in [0.05, 0.1) is 0 Å². The number of amides is 1. The molecule has 1 aliphatic heterocycles. The van der Waals surface area contributed by atoms with Crippen molar-refractivity contribution in [2.24, 2.45) is 0 Å². The third-order valence-corrected chi connectivity index (χ3v) is 1.63. The lowest BCUT2D eigenvalue weighted by Gasteiger charge is -2.13. The van der Waals surface area contributed by atoms with Crippen LogP contribution in [0.5, 0.6) is 0 Å². The molecule has 1 rings (SSSR count). The van der Waals surface area contributed by atoms with Crippen LogP contribution in [-0.2, 0) is 14.4 Å². The Labute approximate surface area is 70.6 Å². The normalized spacial score (nSPS) is 17.3. The number of hydrogen-bond acceptors (Lipinski definition) is 4. The van der Waals surface area contributed by atoms with E-state index in [9.17, 15) is 9.59 Å². The van der Waals surface area contributed by atoms with E-state index in [0.717, 1.165) is 25.9 Å². The number of carbonyl (C=O) groups excluding carboxylic acids is 2. The fourth-order valence-electron chi connectivity index (χ4n) is 1.08. The molecule has 5 heteroatoms. The fraction of sp³-hybridized carbons (Fsp3) is 0.714. The SMILES string of the molecule is O=CNCC(=O)ON1CCCC1. The van der Waals surface area contributed by atoms with Crippen LogP contribution >= 0.6 is 0 Å². The van der Waals surface area contributed by atoms with Gasteiger partial charge in [0.2, 0.25) is 6.41 Å². The van der Waals surface area contributed by atoms with Gasteiger partial charge in [-0.05, 0) is 12.8 Å². The number of rotatable bonds is 4. The quantitative estimate of drug-likeness (QED) is 0.569. The predicted octanol–water partition coefficient (Wildman–Crippen LogP) is -0.714. The highest BCUT2D eigenvalue weighted by atomic mass is 16.7. The lowest BCUT2D eigenvalue weighted by molar-refractivity contribution is -0.184. The van der Waals surface area contributed by atoms with Crippen LogP contribution in [0.25, 0.3) is 0 Å². The minimum Gasteiger partial charge on any atom is -0.366 e. The first kappa shape index (κ1) is 8.99. The summed E-state index contributed by atoms with van der Waals surface area (Å²) in [6.45, 7) is 1.54. The zero-order chi connectivity index (χ0) is 8.81. The predicted molar refractivity (Wildman–Crippen MR) is 41.0 cm³/mol. The number of hydroxylamine groups is 2. The molecule has 0 atom stereocenters. The first-order chi connectivity index (χ1) is 5.83. The first-order valence-corrected chi connectivity index (χ1v) is 3.95. The molecule has 0 aromatic rings. The van der Waals surface area contributed by atoms with E-state index in [4.69, 9.17) is 4.84 Å². The summed E-state index contributed by atoms with van der Waals surface area (Å²) in [7, 11) is 0. The summed E-state index contributed by atoms with van der Waals surface area (Å²) in [6.07, 6.45) is 2.61. The van der Waals surface area contributed by atoms with Gasteiger partial charge in [0.1, 0.15) is 6.54 Å². The van der Waals surface area contributed by atoms with E-state index < -0.39 is 5.97 Å². The molecule has 12 heavy (non-hydrogen) atoms. The van der Waals surface area contributed by atoms with Crippen molar-refractivity contribution in [3.05, 3.63) is 0 Å². The number of carbonyl (C=O) groups is 2. The molecule has 1 fully saturated rings. The molecule has 1 aliphatic rings. The van der Waals surface area contributed by atoms with Gasteiger partial charge in [0, 0.05) is 13.1 Å². The number of nitrogens with one attached hydrogen (secondary N) is 1. The van der Waals surface area contributed by atoms with E-state index in [1.54, 1.807) is 5.06 Å². The Morgan fingerprint density at radius 3 is 2.75 bits per heavy atom. The fourth-order valence-corrected chi connectivity index (χ4v) is 1.08. The Morgan fingerprint density at radius 2 is 2.17 bits per heavy atom. The van der Waals surface area contributed by atoms with Crippen LogP contribution in [0.1, 0.15) is 12.8 Å². The van der Waals surface area contributed by atoms with Gasteiger partial charge in [0.25, 0.3) is 0 Å². The molecule has 1 heterocycles. The molecular weight excluding hydrogens is 160 g/mol. The van der Waals surface area contributed by atoms with Gasteiger partial charge in [-0.2, -0.15) is 0 Å². The summed E-state index contributed by atoms with van der Waals surface area (Å²) in [5.74, 6) is -0.413. The van der Waals surface area contributed by atoms with Crippen molar-refractivity contribution in [3.8, 4) is 0 Å². The van der Waals surface area contributed by atoms with Gasteiger partial charge < -0.3 is 10.2 Å². The van der Waals surface area contributed by atoms with Gasteiger partial charge in [-0.15, -0.1) is 5.06 Å². The zero-order valence-electron chi connectivity index (χ0n) is 6.78. The maximum Gasteiger partial charge on any atom is 0.344 e. The molecular formula is C7H12N2O3. The number of nitrogens with zero attached hydrogens (tertiary/aromatic N) is 1. The first-order valence-electron chi connectivity index (χ1n) is 3.95. The van der Waals surface area contributed by atoms with Crippen LogP contribution in [0.4, 0.5) is 0 Å². The van der Waals surface area contributed by atoms with Crippen molar-refractivity contribution in [1.29, 1.82) is 0 Å². The van der Waals surface area contributed by atoms with Crippen molar-refractivity contribution >= 4 is 12.4 Å². The molecule has 0 saturated carbocycles. The molecule has 68 valence electrons. The second kappa shape index (κ2) is 4.71. The van der Waals surface area contributed by atoms with Gasteiger partial charge in [-0.1, -0.05) is 0 Å². The van der Waals surface area contributed by atoms with E-state index >= 15 is 0 Å². The van der Waals surface area contributed by atoms with E-state index in [0.29, 0.717) is 6.41 Å². The molecule has 1 N–H and O–H groups in total. The van der Waals surface area contributed by atoms with Crippen LogP contribution in [0.15, 0.2) is 0 Å². The van der Waals surface area contributed by atoms with Gasteiger partial charge in [-0.25, -0.2) is 4.79 Å². The molecule has 0 aromatic heterocycles. The van der Waals surface area contributed by atoms with Gasteiger partial charge >= 0.3 is 5.97 Å². The molecule has 1 saturated heterocycles. The summed E-state index contributed by atoms with van der Waals surface area (Å²) in [5.41, 5.74) is 0. The second-order valence-electron chi connectivity index (χ2n) is 2.60. The smallest absolute Gasteiger partial charge is 0.344 e. The van der Waals surface area contributed by atoms with Gasteiger partial charge in [-0.3, -0.25) is 4.79 Å². The highest BCUT2D eigenvalue weighted by molar-refractivity contribution is 5.73.